The second-order valence-electron chi connectivity index (χ2n) is 5.71. The molecule has 2 aromatic rings. The molecular weight excluding hydrogens is 328 g/mol. The highest BCUT2D eigenvalue weighted by Gasteiger charge is 2.32. The van der Waals surface area contributed by atoms with Gasteiger partial charge in [-0.1, -0.05) is 23.7 Å². The Bertz CT molecular complexity index is 681. The molecule has 1 aliphatic rings. The zero-order valence-corrected chi connectivity index (χ0v) is 13.9. The molecule has 1 aromatic heterocycles. The quantitative estimate of drug-likeness (QED) is 0.865. The Morgan fingerprint density at radius 1 is 1.33 bits per heavy atom. The number of hydrogen-bond acceptors (Lipinski definition) is 5. The predicted octanol–water partition coefficient (Wildman–Crippen LogP) is 1.95. The van der Waals surface area contributed by atoms with Crippen LogP contribution in [0.2, 0.25) is 5.02 Å². The first kappa shape index (κ1) is 16.7. The molecule has 2 N–H and O–H groups in total. The van der Waals surface area contributed by atoms with Crippen molar-refractivity contribution in [3.63, 3.8) is 0 Å². The highest BCUT2D eigenvalue weighted by molar-refractivity contribution is 6.30. The van der Waals surface area contributed by atoms with Gasteiger partial charge in [0, 0.05) is 30.5 Å². The Kier molecular flexibility index (Phi) is 5.27. The lowest BCUT2D eigenvalue weighted by Gasteiger charge is -2.24. The third kappa shape index (κ3) is 3.83. The number of rotatable bonds is 5. The number of aliphatic hydroxyl groups is 1. The predicted molar refractivity (Wildman–Crippen MR) is 91.8 cm³/mol. The van der Waals surface area contributed by atoms with Crippen LogP contribution in [0.4, 0.5) is 5.95 Å². The van der Waals surface area contributed by atoms with Gasteiger partial charge in [0.25, 0.3) is 0 Å². The molecule has 2 heterocycles. The van der Waals surface area contributed by atoms with Crippen molar-refractivity contribution in [1.82, 2.24) is 15.3 Å². The summed E-state index contributed by atoms with van der Waals surface area (Å²) in [6.45, 7) is 0.905. The van der Waals surface area contributed by atoms with E-state index < -0.39 is 6.10 Å². The molecule has 0 saturated carbocycles. The number of aromatic nitrogens is 2. The maximum absolute atomic E-state index is 12.5. The number of amides is 1. The van der Waals surface area contributed by atoms with Gasteiger partial charge in [0.2, 0.25) is 11.9 Å². The van der Waals surface area contributed by atoms with Gasteiger partial charge >= 0.3 is 0 Å². The Balaban J connectivity index is 1.59. The second-order valence-corrected chi connectivity index (χ2v) is 6.15. The summed E-state index contributed by atoms with van der Waals surface area (Å²) in [6.07, 6.45) is 4.23. The number of carbonyl (C=O) groups excluding carboxylic acids is 1. The fraction of sp³-hybridized carbons (Fsp3) is 0.353. The number of anilines is 1. The molecule has 2 unspecified atom stereocenters. The maximum Gasteiger partial charge on any atom is 0.242 e. The fourth-order valence-corrected chi connectivity index (χ4v) is 2.96. The number of carbonyl (C=O) groups is 1. The molecule has 2 atom stereocenters. The average molecular weight is 347 g/mol. The zero-order chi connectivity index (χ0) is 16.9. The first-order valence-electron chi connectivity index (χ1n) is 7.90. The van der Waals surface area contributed by atoms with Gasteiger partial charge in [-0.15, -0.1) is 0 Å². The second kappa shape index (κ2) is 7.59. The summed E-state index contributed by atoms with van der Waals surface area (Å²) < 4.78 is 0. The highest BCUT2D eigenvalue weighted by atomic mass is 35.5. The van der Waals surface area contributed by atoms with Crippen LogP contribution in [0.25, 0.3) is 0 Å². The Hall–Kier alpha value is -2.18. The van der Waals surface area contributed by atoms with Crippen LogP contribution in [0, 0.1) is 0 Å². The molecule has 0 spiro atoms. The van der Waals surface area contributed by atoms with Gasteiger partial charge in [0.05, 0.1) is 6.10 Å². The van der Waals surface area contributed by atoms with E-state index >= 15 is 0 Å². The molecular formula is C17H19ClN4O2. The number of nitrogens with one attached hydrogen (secondary N) is 1. The van der Waals surface area contributed by atoms with Gasteiger partial charge in [0.1, 0.15) is 6.04 Å². The van der Waals surface area contributed by atoms with Crippen molar-refractivity contribution in [1.29, 1.82) is 0 Å². The van der Waals surface area contributed by atoms with Gasteiger partial charge in [-0.25, -0.2) is 9.97 Å². The van der Waals surface area contributed by atoms with E-state index in [9.17, 15) is 9.90 Å². The van der Waals surface area contributed by atoms with Gasteiger partial charge in [-0.3, -0.25) is 4.79 Å². The minimum Gasteiger partial charge on any atom is -0.387 e. The Morgan fingerprint density at radius 2 is 2.04 bits per heavy atom. The standard InChI is InChI=1S/C17H19ClN4O2/c18-13-6-4-12(5-7-13)15(23)11-21-16(24)14-3-1-10-22(14)17-19-8-2-9-20-17/h2,4-9,14-15,23H,1,3,10-11H2,(H,21,24). The van der Waals surface area contributed by atoms with E-state index in [1.165, 1.54) is 0 Å². The zero-order valence-electron chi connectivity index (χ0n) is 13.1. The van der Waals surface area contributed by atoms with Crippen LogP contribution in [0.3, 0.4) is 0 Å². The highest BCUT2D eigenvalue weighted by Crippen LogP contribution is 2.22. The van der Waals surface area contributed by atoms with Gasteiger partial charge in [-0.2, -0.15) is 0 Å². The van der Waals surface area contributed by atoms with Crippen LogP contribution >= 0.6 is 11.6 Å². The normalized spacial score (nSPS) is 18.4. The summed E-state index contributed by atoms with van der Waals surface area (Å²) in [5.41, 5.74) is 0.717. The average Bonchev–Trinajstić information content (AvgIpc) is 3.10. The van der Waals surface area contributed by atoms with E-state index in [0.717, 1.165) is 24.9 Å². The van der Waals surface area contributed by atoms with Gasteiger partial charge in [0.15, 0.2) is 0 Å². The van der Waals surface area contributed by atoms with Crippen molar-refractivity contribution in [3.8, 4) is 0 Å². The SMILES string of the molecule is O=C(NCC(O)c1ccc(Cl)cc1)C1CCCN1c1ncccn1. The van der Waals surface area contributed by atoms with Crippen LogP contribution < -0.4 is 10.2 Å². The number of hydrogen-bond donors (Lipinski definition) is 2. The largest absolute Gasteiger partial charge is 0.387 e. The smallest absolute Gasteiger partial charge is 0.242 e. The minimum absolute atomic E-state index is 0.118. The number of nitrogens with zero attached hydrogens (tertiary/aromatic N) is 3. The molecule has 7 heteroatoms. The third-order valence-electron chi connectivity index (χ3n) is 4.09. The van der Waals surface area contributed by atoms with E-state index in [1.54, 1.807) is 42.7 Å². The first-order chi connectivity index (χ1) is 11.6. The van der Waals surface area contributed by atoms with Crippen LogP contribution in [0.15, 0.2) is 42.7 Å². The molecule has 0 aliphatic carbocycles. The van der Waals surface area contributed by atoms with Crippen molar-refractivity contribution in [2.24, 2.45) is 0 Å². The molecule has 1 amide bonds. The van der Waals surface area contributed by atoms with E-state index in [4.69, 9.17) is 11.6 Å². The summed E-state index contributed by atoms with van der Waals surface area (Å²) in [4.78, 5) is 22.8. The lowest BCUT2D eigenvalue weighted by atomic mass is 10.1. The number of aliphatic hydroxyl groups excluding tert-OH is 1. The molecule has 6 nitrogen and oxygen atoms in total. The van der Waals surface area contributed by atoms with Crippen molar-refractivity contribution in [2.45, 2.75) is 25.0 Å². The molecule has 0 radical (unpaired) electrons. The van der Waals surface area contributed by atoms with Crippen LogP contribution in [-0.4, -0.2) is 40.1 Å². The van der Waals surface area contributed by atoms with Crippen LogP contribution in [0.1, 0.15) is 24.5 Å². The van der Waals surface area contributed by atoms with E-state index in [0.29, 0.717) is 11.0 Å². The molecule has 24 heavy (non-hydrogen) atoms. The van der Waals surface area contributed by atoms with Crippen molar-refractivity contribution in [2.75, 3.05) is 18.0 Å². The summed E-state index contributed by atoms with van der Waals surface area (Å²) in [5, 5.41) is 13.6. The van der Waals surface area contributed by atoms with Gasteiger partial charge in [-0.05, 0) is 36.6 Å². The number of benzene rings is 1. The van der Waals surface area contributed by atoms with E-state index in [2.05, 4.69) is 15.3 Å². The summed E-state index contributed by atoms with van der Waals surface area (Å²) in [7, 11) is 0. The fourth-order valence-electron chi connectivity index (χ4n) is 2.84. The molecule has 3 rings (SSSR count). The molecule has 1 fully saturated rings. The molecule has 1 aromatic carbocycles. The third-order valence-corrected chi connectivity index (χ3v) is 4.34. The Labute approximate surface area is 145 Å². The molecule has 0 bridgehead atoms. The van der Waals surface area contributed by atoms with E-state index in [-0.39, 0.29) is 18.5 Å². The molecule has 1 aliphatic heterocycles. The minimum atomic E-state index is -0.769. The molecule has 126 valence electrons. The topological polar surface area (TPSA) is 78.4 Å². The summed E-state index contributed by atoms with van der Waals surface area (Å²) in [5.74, 6) is 0.446. The lowest BCUT2D eigenvalue weighted by molar-refractivity contribution is -0.122. The number of halogens is 1. The Morgan fingerprint density at radius 3 is 2.75 bits per heavy atom. The maximum atomic E-state index is 12.5. The summed E-state index contributed by atoms with van der Waals surface area (Å²) >= 11 is 5.84. The van der Waals surface area contributed by atoms with E-state index in [1.807, 2.05) is 4.90 Å². The molecule has 1 saturated heterocycles. The van der Waals surface area contributed by atoms with Crippen LogP contribution in [-0.2, 0) is 4.79 Å². The van der Waals surface area contributed by atoms with Crippen molar-refractivity contribution < 1.29 is 9.90 Å². The van der Waals surface area contributed by atoms with Crippen LogP contribution in [0.5, 0.6) is 0 Å². The first-order valence-corrected chi connectivity index (χ1v) is 8.28. The van der Waals surface area contributed by atoms with Crippen molar-refractivity contribution >= 4 is 23.5 Å². The lowest BCUT2D eigenvalue weighted by Crippen LogP contribution is -2.45. The monoisotopic (exact) mass is 346 g/mol. The van der Waals surface area contributed by atoms with Crippen molar-refractivity contribution in [3.05, 3.63) is 53.3 Å². The summed E-state index contributed by atoms with van der Waals surface area (Å²) in [6, 6.07) is 8.38. The van der Waals surface area contributed by atoms with Gasteiger partial charge < -0.3 is 15.3 Å².